The molecule has 22 heavy (non-hydrogen) atoms. The summed E-state index contributed by atoms with van der Waals surface area (Å²) in [7, 11) is 0. The van der Waals surface area contributed by atoms with Gasteiger partial charge in [0.15, 0.2) is 0 Å². The van der Waals surface area contributed by atoms with Gasteiger partial charge in [0.25, 0.3) is 0 Å². The molecule has 1 heterocycles. The maximum atomic E-state index is 12.8. The third kappa shape index (κ3) is 4.70. The van der Waals surface area contributed by atoms with Crippen molar-refractivity contribution in [3.05, 3.63) is 59.1 Å². The summed E-state index contributed by atoms with van der Waals surface area (Å²) in [6.45, 7) is 3.22. The van der Waals surface area contributed by atoms with Crippen molar-refractivity contribution in [3.63, 3.8) is 0 Å². The summed E-state index contributed by atoms with van der Waals surface area (Å²) in [6, 6.07) is 9.57. The Kier molecular flexibility index (Phi) is 5.72. The minimum Gasteiger partial charge on any atom is -0.362 e. The molecule has 0 fully saturated rings. The first kappa shape index (κ1) is 16.2. The Morgan fingerprint density at radius 1 is 1.32 bits per heavy atom. The number of carbonyl (C=O) groups is 1. The molecular weight excluding hydrogens is 305 g/mol. The van der Waals surface area contributed by atoms with Gasteiger partial charge in [-0.25, -0.2) is 9.37 Å². The second-order valence-corrected chi connectivity index (χ2v) is 5.14. The summed E-state index contributed by atoms with van der Waals surface area (Å²) in [4.78, 5) is 17.9. The van der Waals surface area contributed by atoms with Gasteiger partial charge in [-0.15, -0.1) is 0 Å². The number of hydrogen-bond donors (Lipinski definition) is 1. The lowest BCUT2D eigenvalue weighted by atomic mass is 10.2. The van der Waals surface area contributed by atoms with Crippen LogP contribution in [0.1, 0.15) is 12.5 Å². The fraction of sp³-hybridized carbons (Fsp3) is 0.250. The van der Waals surface area contributed by atoms with E-state index in [1.54, 1.807) is 24.4 Å². The van der Waals surface area contributed by atoms with E-state index in [2.05, 4.69) is 10.3 Å². The van der Waals surface area contributed by atoms with Crippen LogP contribution in [0.4, 0.5) is 10.1 Å². The zero-order valence-corrected chi connectivity index (χ0v) is 13.0. The van der Waals surface area contributed by atoms with E-state index in [4.69, 9.17) is 11.6 Å². The summed E-state index contributed by atoms with van der Waals surface area (Å²) >= 11 is 5.87. The molecule has 1 aromatic carbocycles. The van der Waals surface area contributed by atoms with Gasteiger partial charge in [-0.3, -0.25) is 4.79 Å². The Labute approximate surface area is 133 Å². The molecule has 1 amide bonds. The van der Waals surface area contributed by atoms with E-state index in [1.807, 2.05) is 17.9 Å². The van der Waals surface area contributed by atoms with E-state index in [0.29, 0.717) is 18.2 Å². The number of anilines is 1. The number of amides is 1. The van der Waals surface area contributed by atoms with Crippen LogP contribution in [0.2, 0.25) is 5.15 Å². The number of aromatic nitrogens is 1. The molecule has 4 nitrogen and oxygen atoms in total. The highest BCUT2D eigenvalue weighted by molar-refractivity contribution is 6.29. The summed E-state index contributed by atoms with van der Waals surface area (Å²) in [5.41, 5.74) is 1.70. The number of nitrogens with one attached hydrogen (secondary N) is 1. The van der Waals surface area contributed by atoms with E-state index < -0.39 is 0 Å². The minimum atomic E-state index is -0.290. The first-order chi connectivity index (χ1) is 10.6. The van der Waals surface area contributed by atoms with Gasteiger partial charge >= 0.3 is 0 Å². The van der Waals surface area contributed by atoms with Crippen molar-refractivity contribution >= 4 is 23.2 Å². The predicted octanol–water partition coefficient (Wildman–Crippen LogP) is 3.02. The van der Waals surface area contributed by atoms with Crippen molar-refractivity contribution in [1.82, 2.24) is 10.3 Å². The molecule has 0 atom stereocenters. The van der Waals surface area contributed by atoms with Crippen LogP contribution >= 0.6 is 11.6 Å². The smallest absolute Gasteiger partial charge is 0.239 e. The molecule has 1 N–H and O–H groups in total. The van der Waals surface area contributed by atoms with E-state index in [-0.39, 0.29) is 18.3 Å². The molecule has 6 heteroatoms. The molecule has 0 aliphatic rings. The third-order valence-corrected chi connectivity index (χ3v) is 3.40. The Morgan fingerprint density at radius 2 is 2.05 bits per heavy atom. The highest BCUT2D eigenvalue weighted by Gasteiger charge is 2.10. The molecule has 0 saturated heterocycles. The summed E-state index contributed by atoms with van der Waals surface area (Å²) in [5.74, 6) is -0.402. The Hall–Kier alpha value is -2.14. The molecule has 0 unspecified atom stereocenters. The molecule has 116 valence electrons. The largest absolute Gasteiger partial charge is 0.362 e. The van der Waals surface area contributed by atoms with E-state index in [9.17, 15) is 9.18 Å². The normalized spacial score (nSPS) is 10.3. The molecule has 0 aliphatic heterocycles. The molecular formula is C16H17ClFN3O. The second-order valence-electron chi connectivity index (χ2n) is 4.75. The second kappa shape index (κ2) is 7.75. The first-order valence-corrected chi connectivity index (χ1v) is 7.34. The monoisotopic (exact) mass is 321 g/mol. The van der Waals surface area contributed by atoms with Gasteiger partial charge in [0.05, 0.1) is 6.54 Å². The lowest BCUT2D eigenvalue weighted by Gasteiger charge is -2.22. The highest BCUT2D eigenvalue weighted by Crippen LogP contribution is 2.16. The van der Waals surface area contributed by atoms with Gasteiger partial charge in [0, 0.05) is 25.0 Å². The Bertz CT molecular complexity index is 634. The third-order valence-electron chi connectivity index (χ3n) is 3.19. The molecule has 0 spiro atoms. The van der Waals surface area contributed by atoms with Crippen molar-refractivity contribution in [2.45, 2.75) is 13.5 Å². The predicted molar refractivity (Wildman–Crippen MR) is 85.4 cm³/mol. The Morgan fingerprint density at radius 3 is 2.68 bits per heavy atom. The van der Waals surface area contributed by atoms with Crippen LogP contribution in [0.3, 0.4) is 0 Å². The van der Waals surface area contributed by atoms with Crippen LogP contribution in [0.5, 0.6) is 0 Å². The van der Waals surface area contributed by atoms with Crippen LogP contribution in [-0.4, -0.2) is 24.0 Å². The number of rotatable bonds is 6. The number of pyridine rings is 1. The molecule has 2 rings (SSSR count). The number of benzene rings is 1. The van der Waals surface area contributed by atoms with Crippen LogP contribution in [-0.2, 0) is 11.3 Å². The van der Waals surface area contributed by atoms with E-state index in [1.165, 1.54) is 12.1 Å². The zero-order chi connectivity index (χ0) is 15.9. The quantitative estimate of drug-likeness (QED) is 0.832. The number of carbonyl (C=O) groups excluding carboxylic acids is 1. The minimum absolute atomic E-state index is 0.112. The number of nitrogens with zero attached hydrogens (tertiary/aromatic N) is 2. The molecule has 0 aliphatic carbocycles. The first-order valence-electron chi connectivity index (χ1n) is 6.96. The average Bonchev–Trinajstić information content (AvgIpc) is 2.52. The Balaban J connectivity index is 1.90. The number of halogens is 2. The number of hydrogen-bond acceptors (Lipinski definition) is 3. The average molecular weight is 322 g/mol. The van der Waals surface area contributed by atoms with Gasteiger partial charge in [0.1, 0.15) is 11.0 Å². The number of likely N-dealkylation sites (N-methyl/N-ethyl adjacent to an activating group) is 1. The molecule has 2 aromatic rings. The van der Waals surface area contributed by atoms with Gasteiger partial charge in [-0.05, 0) is 36.8 Å². The van der Waals surface area contributed by atoms with Crippen molar-refractivity contribution in [3.8, 4) is 0 Å². The van der Waals surface area contributed by atoms with Crippen molar-refractivity contribution in [2.24, 2.45) is 0 Å². The molecule has 0 bridgehead atoms. The van der Waals surface area contributed by atoms with Gasteiger partial charge in [-0.2, -0.15) is 0 Å². The van der Waals surface area contributed by atoms with Crippen molar-refractivity contribution in [1.29, 1.82) is 0 Å². The summed E-state index contributed by atoms with van der Waals surface area (Å²) in [5, 5.41) is 3.21. The summed E-state index contributed by atoms with van der Waals surface area (Å²) < 4.78 is 12.8. The van der Waals surface area contributed by atoms with Crippen molar-refractivity contribution < 1.29 is 9.18 Å². The van der Waals surface area contributed by atoms with Crippen LogP contribution in [0.15, 0.2) is 42.6 Å². The van der Waals surface area contributed by atoms with E-state index >= 15 is 0 Å². The lowest BCUT2D eigenvalue weighted by Crippen LogP contribution is -2.37. The maximum absolute atomic E-state index is 12.8. The lowest BCUT2D eigenvalue weighted by molar-refractivity contribution is -0.119. The van der Waals surface area contributed by atoms with Gasteiger partial charge < -0.3 is 10.2 Å². The van der Waals surface area contributed by atoms with Gasteiger partial charge in [-0.1, -0.05) is 23.7 Å². The zero-order valence-electron chi connectivity index (χ0n) is 12.2. The van der Waals surface area contributed by atoms with Crippen molar-refractivity contribution in [2.75, 3.05) is 18.0 Å². The fourth-order valence-corrected chi connectivity index (χ4v) is 2.17. The van der Waals surface area contributed by atoms with E-state index in [0.717, 1.165) is 11.3 Å². The van der Waals surface area contributed by atoms with Crippen LogP contribution < -0.4 is 10.2 Å². The molecule has 0 radical (unpaired) electrons. The maximum Gasteiger partial charge on any atom is 0.239 e. The molecule has 0 saturated carbocycles. The SMILES string of the molecule is CCN(CC(=O)NCc1ccc(F)cc1)c1ccnc(Cl)c1. The fourth-order valence-electron chi connectivity index (χ4n) is 2.01. The summed E-state index contributed by atoms with van der Waals surface area (Å²) in [6.07, 6.45) is 1.61. The van der Waals surface area contributed by atoms with Gasteiger partial charge in [0.2, 0.25) is 5.91 Å². The standard InChI is InChI=1S/C16H17ClFN3O/c1-2-21(14-7-8-19-15(17)9-14)11-16(22)20-10-12-3-5-13(18)6-4-12/h3-9H,2,10-11H2,1H3,(H,20,22). The highest BCUT2D eigenvalue weighted by atomic mass is 35.5. The topological polar surface area (TPSA) is 45.2 Å². The van der Waals surface area contributed by atoms with Crippen LogP contribution in [0, 0.1) is 5.82 Å². The van der Waals surface area contributed by atoms with Crippen LogP contribution in [0.25, 0.3) is 0 Å². The molecule has 1 aromatic heterocycles.